The summed E-state index contributed by atoms with van der Waals surface area (Å²) in [7, 11) is 5.21. The van der Waals surface area contributed by atoms with Crippen LogP contribution >= 0.6 is 0 Å². The Morgan fingerprint density at radius 1 is 0.962 bits per heavy atom. The van der Waals surface area contributed by atoms with Crippen molar-refractivity contribution in [2.75, 3.05) is 34.4 Å². The lowest BCUT2D eigenvalue weighted by molar-refractivity contribution is 0.0741. The number of ether oxygens (including phenoxy) is 3. The molecular weight excluding hydrogens is 330 g/mol. The second-order valence-electron chi connectivity index (χ2n) is 6.62. The molecule has 1 N–H and O–H groups in total. The molecule has 0 saturated carbocycles. The summed E-state index contributed by atoms with van der Waals surface area (Å²) in [5.41, 5.74) is 3.37. The number of nitrogens with zero attached hydrogens (tertiary/aromatic N) is 1. The maximum absolute atomic E-state index is 10.3. The van der Waals surface area contributed by atoms with Crippen LogP contribution in [0, 0.1) is 13.8 Å². The number of hydrogen-bond acceptors (Lipinski definition) is 5. The SMILES string of the molecule is COc1ccc(CN(C)CC(O)COc2ccc(C)cc2C)cc1OC. The molecule has 26 heavy (non-hydrogen) atoms. The van der Waals surface area contributed by atoms with Crippen LogP contribution in [-0.2, 0) is 6.54 Å². The van der Waals surface area contributed by atoms with E-state index in [0.29, 0.717) is 24.6 Å². The number of methoxy groups -OCH3 is 2. The van der Waals surface area contributed by atoms with Crippen molar-refractivity contribution in [3.05, 3.63) is 53.1 Å². The summed E-state index contributed by atoms with van der Waals surface area (Å²) < 4.78 is 16.3. The van der Waals surface area contributed by atoms with Gasteiger partial charge in [-0.3, -0.25) is 4.90 Å². The van der Waals surface area contributed by atoms with Crippen LogP contribution in [0.5, 0.6) is 17.2 Å². The summed E-state index contributed by atoms with van der Waals surface area (Å²) in [4.78, 5) is 2.05. The Hall–Kier alpha value is -2.24. The van der Waals surface area contributed by atoms with Crippen molar-refractivity contribution in [3.63, 3.8) is 0 Å². The van der Waals surface area contributed by atoms with Crippen LogP contribution in [0.4, 0.5) is 0 Å². The Kier molecular flexibility index (Phi) is 7.30. The molecule has 0 radical (unpaired) electrons. The zero-order chi connectivity index (χ0) is 19.1. The van der Waals surface area contributed by atoms with E-state index in [2.05, 4.69) is 17.9 Å². The summed E-state index contributed by atoms with van der Waals surface area (Å²) in [5, 5.41) is 10.3. The first kappa shape index (κ1) is 20.1. The van der Waals surface area contributed by atoms with Crippen molar-refractivity contribution in [2.24, 2.45) is 0 Å². The second-order valence-corrected chi connectivity index (χ2v) is 6.62. The Balaban J connectivity index is 1.85. The minimum Gasteiger partial charge on any atom is -0.493 e. The number of hydrogen-bond donors (Lipinski definition) is 1. The lowest BCUT2D eigenvalue weighted by Gasteiger charge is -2.21. The zero-order valence-electron chi connectivity index (χ0n) is 16.3. The molecule has 2 aromatic rings. The first-order valence-corrected chi connectivity index (χ1v) is 8.70. The van der Waals surface area contributed by atoms with Gasteiger partial charge in [-0.1, -0.05) is 23.8 Å². The maximum atomic E-state index is 10.3. The molecule has 0 spiro atoms. The standard InChI is InChI=1S/C21H29NO4/c1-15-6-8-19(16(2)10-15)26-14-18(23)13-22(3)12-17-7-9-20(24-4)21(11-17)25-5/h6-11,18,23H,12-14H2,1-5H3. The summed E-state index contributed by atoms with van der Waals surface area (Å²) in [6.07, 6.45) is -0.569. The van der Waals surface area contributed by atoms with Gasteiger partial charge in [0.1, 0.15) is 18.5 Å². The van der Waals surface area contributed by atoms with Gasteiger partial charge in [-0.15, -0.1) is 0 Å². The molecule has 0 aliphatic heterocycles. The molecule has 0 saturated heterocycles. The zero-order valence-corrected chi connectivity index (χ0v) is 16.3. The van der Waals surface area contributed by atoms with Gasteiger partial charge in [0.2, 0.25) is 0 Å². The van der Waals surface area contributed by atoms with E-state index < -0.39 is 6.10 Å². The van der Waals surface area contributed by atoms with E-state index >= 15 is 0 Å². The number of rotatable bonds is 9. The molecule has 5 nitrogen and oxygen atoms in total. The van der Waals surface area contributed by atoms with E-state index in [-0.39, 0.29) is 6.61 Å². The van der Waals surface area contributed by atoms with E-state index in [1.165, 1.54) is 5.56 Å². The summed E-state index contributed by atoms with van der Waals surface area (Å²) in [6.45, 7) is 5.53. The average Bonchev–Trinajstić information content (AvgIpc) is 2.60. The lowest BCUT2D eigenvalue weighted by atomic mass is 10.1. The molecule has 142 valence electrons. The van der Waals surface area contributed by atoms with E-state index in [0.717, 1.165) is 16.9 Å². The number of aliphatic hydroxyl groups is 1. The number of aryl methyl sites for hydroxylation is 2. The van der Waals surface area contributed by atoms with Crippen LogP contribution in [0.25, 0.3) is 0 Å². The highest BCUT2D eigenvalue weighted by Gasteiger charge is 2.12. The van der Waals surface area contributed by atoms with Crippen molar-refractivity contribution in [3.8, 4) is 17.2 Å². The second kappa shape index (κ2) is 9.46. The van der Waals surface area contributed by atoms with Crippen molar-refractivity contribution in [2.45, 2.75) is 26.5 Å². The van der Waals surface area contributed by atoms with E-state index in [4.69, 9.17) is 14.2 Å². The van der Waals surface area contributed by atoms with Gasteiger partial charge in [0.05, 0.1) is 14.2 Å². The maximum Gasteiger partial charge on any atom is 0.161 e. The van der Waals surface area contributed by atoms with Crippen LogP contribution in [0.15, 0.2) is 36.4 Å². The highest BCUT2D eigenvalue weighted by molar-refractivity contribution is 5.42. The predicted molar refractivity (Wildman–Crippen MR) is 103 cm³/mol. The average molecular weight is 359 g/mol. The Morgan fingerprint density at radius 3 is 2.31 bits per heavy atom. The minimum absolute atomic E-state index is 0.264. The van der Waals surface area contributed by atoms with Crippen LogP contribution in [0.1, 0.15) is 16.7 Å². The molecule has 1 unspecified atom stereocenters. The number of aliphatic hydroxyl groups excluding tert-OH is 1. The third-order valence-corrected chi connectivity index (χ3v) is 4.18. The Morgan fingerprint density at radius 2 is 1.65 bits per heavy atom. The van der Waals surface area contributed by atoms with Gasteiger partial charge in [-0.25, -0.2) is 0 Å². The first-order valence-electron chi connectivity index (χ1n) is 8.70. The monoisotopic (exact) mass is 359 g/mol. The summed E-state index contributed by atoms with van der Waals surface area (Å²) in [6, 6.07) is 11.9. The normalized spacial score (nSPS) is 12.1. The van der Waals surface area contributed by atoms with Crippen molar-refractivity contribution in [1.29, 1.82) is 0 Å². The molecule has 2 aromatic carbocycles. The fourth-order valence-corrected chi connectivity index (χ4v) is 2.91. The van der Waals surface area contributed by atoms with Crippen LogP contribution < -0.4 is 14.2 Å². The molecular formula is C21H29NO4. The quantitative estimate of drug-likeness (QED) is 0.745. The van der Waals surface area contributed by atoms with Gasteiger partial charge >= 0.3 is 0 Å². The molecule has 0 amide bonds. The molecule has 2 rings (SSSR count). The molecule has 0 heterocycles. The van der Waals surface area contributed by atoms with E-state index in [1.807, 2.05) is 44.3 Å². The van der Waals surface area contributed by atoms with Crippen molar-refractivity contribution in [1.82, 2.24) is 4.90 Å². The van der Waals surface area contributed by atoms with Crippen LogP contribution in [0.3, 0.4) is 0 Å². The topological polar surface area (TPSA) is 51.2 Å². The molecule has 0 aromatic heterocycles. The van der Waals surface area contributed by atoms with Crippen LogP contribution in [0.2, 0.25) is 0 Å². The fraction of sp³-hybridized carbons (Fsp3) is 0.429. The van der Waals surface area contributed by atoms with Gasteiger partial charge < -0.3 is 19.3 Å². The van der Waals surface area contributed by atoms with Crippen molar-refractivity contribution >= 4 is 0 Å². The Bertz CT molecular complexity index is 717. The molecule has 5 heteroatoms. The number of likely N-dealkylation sites (N-methyl/N-ethyl adjacent to an activating group) is 1. The van der Waals surface area contributed by atoms with Gasteiger partial charge in [-0.2, -0.15) is 0 Å². The van der Waals surface area contributed by atoms with Crippen molar-refractivity contribution < 1.29 is 19.3 Å². The predicted octanol–water partition coefficient (Wildman–Crippen LogP) is 3.19. The third-order valence-electron chi connectivity index (χ3n) is 4.18. The Labute approximate surface area is 156 Å². The van der Waals surface area contributed by atoms with Gasteiger partial charge in [0.15, 0.2) is 11.5 Å². The largest absolute Gasteiger partial charge is 0.493 e. The molecule has 0 aliphatic rings. The van der Waals surface area contributed by atoms with E-state index in [9.17, 15) is 5.11 Å². The highest BCUT2D eigenvalue weighted by Crippen LogP contribution is 2.28. The summed E-state index contributed by atoms with van der Waals surface area (Å²) >= 11 is 0. The fourth-order valence-electron chi connectivity index (χ4n) is 2.91. The van der Waals surface area contributed by atoms with Gasteiger partial charge in [-0.05, 0) is 50.2 Å². The van der Waals surface area contributed by atoms with Gasteiger partial charge in [0, 0.05) is 13.1 Å². The molecule has 1 atom stereocenters. The van der Waals surface area contributed by atoms with Crippen LogP contribution in [-0.4, -0.2) is 50.5 Å². The van der Waals surface area contributed by atoms with Gasteiger partial charge in [0.25, 0.3) is 0 Å². The molecule has 0 bridgehead atoms. The first-order chi connectivity index (χ1) is 12.4. The number of benzene rings is 2. The molecule has 0 fully saturated rings. The molecule has 0 aliphatic carbocycles. The minimum atomic E-state index is -0.569. The highest BCUT2D eigenvalue weighted by atomic mass is 16.5. The third kappa shape index (κ3) is 5.64. The smallest absolute Gasteiger partial charge is 0.161 e. The summed E-state index contributed by atoms with van der Waals surface area (Å²) in [5.74, 6) is 2.23. The van der Waals surface area contributed by atoms with E-state index in [1.54, 1.807) is 14.2 Å². The lowest BCUT2D eigenvalue weighted by Crippen LogP contribution is -2.32.